The van der Waals surface area contributed by atoms with Crippen LogP contribution in [0.5, 0.6) is 0 Å². The Balaban J connectivity index is 4.29. The van der Waals surface area contributed by atoms with Gasteiger partial charge in [-0.1, -0.05) is 20.8 Å². The summed E-state index contributed by atoms with van der Waals surface area (Å²) in [5, 5.41) is 0. The molecule has 1 N–H and O–H groups in total. The molecular formula is C12H25O5P. The molecule has 0 aromatic heterocycles. The van der Waals surface area contributed by atoms with E-state index in [1.54, 1.807) is 13.8 Å². The molecule has 0 saturated carbocycles. The molecule has 0 aliphatic heterocycles. The van der Waals surface area contributed by atoms with Crippen molar-refractivity contribution < 1.29 is 23.3 Å². The predicted octanol–water partition coefficient (Wildman–Crippen LogP) is 3.31. The average molecular weight is 280 g/mol. The van der Waals surface area contributed by atoms with Crippen LogP contribution in [0.3, 0.4) is 0 Å². The van der Waals surface area contributed by atoms with Crippen LogP contribution in [0, 0.1) is 5.92 Å². The highest BCUT2D eigenvalue weighted by Crippen LogP contribution is 2.48. The van der Waals surface area contributed by atoms with Crippen LogP contribution in [-0.4, -0.2) is 22.9 Å². The average Bonchev–Trinajstić information content (AvgIpc) is 2.21. The Morgan fingerprint density at radius 3 is 2.39 bits per heavy atom. The van der Waals surface area contributed by atoms with Crippen molar-refractivity contribution in [3.63, 3.8) is 0 Å². The fraction of sp³-hybridized carbons (Fsp3) is 0.917. The summed E-state index contributed by atoms with van der Waals surface area (Å²) in [6, 6.07) is 0. The third-order valence-corrected chi connectivity index (χ3v) is 3.67. The number of hydrogen-bond donors (Lipinski definition) is 1. The highest BCUT2D eigenvalue weighted by Gasteiger charge is 2.32. The van der Waals surface area contributed by atoms with E-state index in [0.717, 1.165) is 0 Å². The molecule has 0 aliphatic rings. The normalized spacial score (nSPS) is 15.7. The Labute approximate surface area is 109 Å². The monoisotopic (exact) mass is 280 g/mol. The lowest BCUT2D eigenvalue weighted by atomic mass is 9.97. The van der Waals surface area contributed by atoms with Crippen molar-refractivity contribution in [2.24, 2.45) is 5.92 Å². The second kappa shape index (κ2) is 7.39. The molecule has 0 radical (unpaired) electrons. The Hall–Kier alpha value is -0.220. The maximum absolute atomic E-state index is 11.6. The van der Waals surface area contributed by atoms with Crippen molar-refractivity contribution in [1.29, 1.82) is 0 Å². The number of ketones is 1. The molecular weight excluding hydrogens is 255 g/mol. The molecule has 0 aliphatic carbocycles. The van der Waals surface area contributed by atoms with Crippen LogP contribution in [0.25, 0.3) is 0 Å². The van der Waals surface area contributed by atoms with E-state index >= 15 is 0 Å². The molecule has 6 heteroatoms. The molecule has 0 saturated heterocycles. The van der Waals surface area contributed by atoms with Crippen LogP contribution in [0.2, 0.25) is 0 Å². The van der Waals surface area contributed by atoms with Crippen molar-refractivity contribution in [3.8, 4) is 0 Å². The summed E-state index contributed by atoms with van der Waals surface area (Å²) in [5.41, 5.74) is -0.859. The summed E-state index contributed by atoms with van der Waals surface area (Å²) >= 11 is 0. The molecule has 1 unspecified atom stereocenters. The molecule has 0 heterocycles. The SMILES string of the molecule is CCCOP(=O)(O)OC(C)(C)CCC(=O)C(C)C. The Bertz CT molecular complexity index is 312. The smallest absolute Gasteiger partial charge is 0.302 e. The number of hydrogen-bond acceptors (Lipinski definition) is 4. The Morgan fingerprint density at radius 1 is 1.39 bits per heavy atom. The lowest BCUT2D eigenvalue weighted by Crippen LogP contribution is -2.25. The van der Waals surface area contributed by atoms with Gasteiger partial charge in [-0.05, 0) is 26.7 Å². The molecule has 0 aromatic rings. The topological polar surface area (TPSA) is 72.8 Å². The maximum Gasteiger partial charge on any atom is 0.472 e. The molecule has 18 heavy (non-hydrogen) atoms. The lowest BCUT2D eigenvalue weighted by Gasteiger charge is -2.27. The van der Waals surface area contributed by atoms with E-state index in [9.17, 15) is 14.3 Å². The van der Waals surface area contributed by atoms with Gasteiger partial charge in [0.2, 0.25) is 0 Å². The minimum Gasteiger partial charge on any atom is -0.302 e. The van der Waals surface area contributed by atoms with Gasteiger partial charge >= 0.3 is 7.82 Å². The van der Waals surface area contributed by atoms with Crippen molar-refractivity contribution in [1.82, 2.24) is 0 Å². The van der Waals surface area contributed by atoms with Crippen LogP contribution in [-0.2, 0) is 18.4 Å². The van der Waals surface area contributed by atoms with Gasteiger partial charge in [-0.2, -0.15) is 0 Å². The number of carbonyl (C=O) groups excluding carboxylic acids is 1. The van der Waals surface area contributed by atoms with Crippen LogP contribution < -0.4 is 0 Å². The fourth-order valence-electron chi connectivity index (χ4n) is 1.30. The van der Waals surface area contributed by atoms with Crippen LogP contribution >= 0.6 is 7.82 Å². The summed E-state index contributed by atoms with van der Waals surface area (Å²) in [6.07, 6.45) is 1.36. The molecule has 0 fully saturated rings. The number of Topliss-reactive ketones (excluding diaryl/α,β-unsaturated/α-hetero) is 1. The van der Waals surface area contributed by atoms with E-state index in [1.807, 2.05) is 20.8 Å². The molecule has 0 aromatic carbocycles. The quantitative estimate of drug-likeness (QED) is 0.656. The van der Waals surface area contributed by atoms with Crippen LogP contribution in [0.15, 0.2) is 0 Å². The van der Waals surface area contributed by atoms with E-state index in [1.165, 1.54) is 0 Å². The van der Waals surface area contributed by atoms with Gasteiger partial charge in [0.15, 0.2) is 0 Å². The van der Waals surface area contributed by atoms with Gasteiger partial charge in [0.1, 0.15) is 5.78 Å². The van der Waals surface area contributed by atoms with Gasteiger partial charge < -0.3 is 4.89 Å². The molecule has 1 atom stereocenters. The minimum atomic E-state index is -4.03. The van der Waals surface area contributed by atoms with E-state index in [4.69, 9.17) is 9.05 Å². The first kappa shape index (κ1) is 17.8. The van der Waals surface area contributed by atoms with Crippen LogP contribution in [0.4, 0.5) is 0 Å². The first-order chi connectivity index (χ1) is 8.09. The first-order valence-corrected chi connectivity index (χ1v) is 7.80. The van der Waals surface area contributed by atoms with E-state index in [0.29, 0.717) is 19.3 Å². The summed E-state index contributed by atoms with van der Waals surface area (Å²) < 4.78 is 21.5. The van der Waals surface area contributed by atoms with Crippen LogP contribution in [0.1, 0.15) is 53.9 Å². The lowest BCUT2D eigenvalue weighted by molar-refractivity contribution is -0.123. The molecule has 108 valence electrons. The largest absolute Gasteiger partial charge is 0.472 e. The zero-order valence-electron chi connectivity index (χ0n) is 11.9. The molecule has 0 spiro atoms. The van der Waals surface area contributed by atoms with E-state index in [2.05, 4.69) is 0 Å². The second-order valence-corrected chi connectivity index (χ2v) is 6.65. The zero-order chi connectivity index (χ0) is 14.4. The van der Waals surface area contributed by atoms with Crippen molar-refractivity contribution >= 4 is 13.6 Å². The van der Waals surface area contributed by atoms with Crippen molar-refractivity contribution in [2.45, 2.75) is 59.5 Å². The summed E-state index contributed by atoms with van der Waals surface area (Å²) in [4.78, 5) is 21.0. The summed E-state index contributed by atoms with van der Waals surface area (Å²) in [5.74, 6) is 0.0898. The standard InChI is InChI=1S/C12H25O5P/c1-6-9-16-18(14,15)17-12(4,5)8-7-11(13)10(2)3/h10H,6-9H2,1-5H3,(H,14,15). The Kier molecular flexibility index (Phi) is 7.30. The zero-order valence-corrected chi connectivity index (χ0v) is 12.8. The molecule has 5 nitrogen and oxygen atoms in total. The van der Waals surface area contributed by atoms with E-state index in [-0.39, 0.29) is 18.3 Å². The van der Waals surface area contributed by atoms with Gasteiger partial charge in [-0.25, -0.2) is 4.57 Å². The number of phosphoric acid groups is 1. The van der Waals surface area contributed by atoms with Gasteiger partial charge in [0, 0.05) is 12.3 Å². The third-order valence-electron chi connectivity index (χ3n) is 2.44. The summed E-state index contributed by atoms with van der Waals surface area (Å²) in [6.45, 7) is 9.04. The fourth-order valence-corrected chi connectivity index (χ4v) is 2.49. The predicted molar refractivity (Wildman–Crippen MR) is 70.3 cm³/mol. The number of rotatable bonds is 9. The number of carbonyl (C=O) groups is 1. The maximum atomic E-state index is 11.6. The minimum absolute atomic E-state index is 0.0296. The highest BCUT2D eigenvalue weighted by molar-refractivity contribution is 7.47. The molecule has 0 amide bonds. The molecule has 0 bridgehead atoms. The van der Waals surface area contributed by atoms with Gasteiger partial charge in [0.25, 0.3) is 0 Å². The Morgan fingerprint density at radius 2 is 1.94 bits per heavy atom. The van der Waals surface area contributed by atoms with Gasteiger partial charge in [0.05, 0.1) is 12.2 Å². The first-order valence-electron chi connectivity index (χ1n) is 6.30. The van der Waals surface area contributed by atoms with Crippen molar-refractivity contribution in [2.75, 3.05) is 6.61 Å². The van der Waals surface area contributed by atoms with Gasteiger partial charge in [-0.3, -0.25) is 13.8 Å². The second-order valence-electron chi connectivity index (χ2n) is 5.27. The van der Waals surface area contributed by atoms with Gasteiger partial charge in [-0.15, -0.1) is 0 Å². The summed E-state index contributed by atoms with van der Waals surface area (Å²) in [7, 11) is -4.03. The highest BCUT2D eigenvalue weighted by atomic mass is 31.2. The number of phosphoric ester groups is 1. The van der Waals surface area contributed by atoms with Crippen molar-refractivity contribution in [3.05, 3.63) is 0 Å². The van der Waals surface area contributed by atoms with E-state index < -0.39 is 13.4 Å². The molecule has 0 rings (SSSR count). The third kappa shape index (κ3) is 7.98.